The molecule has 2 aliphatic rings. The molecule has 1 aromatic carbocycles. The fourth-order valence-corrected chi connectivity index (χ4v) is 3.53. The molecule has 0 saturated carbocycles. The minimum absolute atomic E-state index is 0.0707. The van der Waals surface area contributed by atoms with Gasteiger partial charge in [-0.15, -0.1) is 0 Å². The third kappa shape index (κ3) is 2.83. The van der Waals surface area contributed by atoms with Crippen LogP contribution in [0, 0.1) is 0 Å². The highest BCUT2D eigenvalue weighted by Crippen LogP contribution is 2.37. The number of nitrogens with one attached hydrogen (secondary N) is 2. The van der Waals surface area contributed by atoms with Crippen LogP contribution in [0.3, 0.4) is 0 Å². The van der Waals surface area contributed by atoms with Gasteiger partial charge in [-0.25, -0.2) is 0 Å². The Morgan fingerprint density at radius 3 is 2.83 bits per heavy atom. The zero-order valence-corrected chi connectivity index (χ0v) is 14.6. The number of amides is 1. The predicted molar refractivity (Wildman–Crippen MR) is 93.6 cm³/mol. The van der Waals surface area contributed by atoms with E-state index in [1.54, 1.807) is 0 Å². The largest absolute Gasteiger partial charge is 0.376 e. The van der Waals surface area contributed by atoms with Crippen molar-refractivity contribution in [2.75, 3.05) is 25.1 Å². The van der Waals surface area contributed by atoms with Crippen molar-refractivity contribution in [3.63, 3.8) is 0 Å². The molecule has 2 aliphatic heterocycles. The van der Waals surface area contributed by atoms with E-state index in [9.17, 15) is 4.79 Å². The Morgan fingerprint density at radius 1 is 1.33 bits per heavy atom. The summed E-state index contributed by atoms with van der Waals surface area (Å²) in [6, 6.07) is 9.82. The van der Waals surface area contributed by atoms with E-state index in [0.717, 1.165) is 28.1 Å². The van der Waals surface area contributed by atoms with Crippen LogP contribution in [0.25, 0.3) is 0 Å². The molecule has 0 atom stereocenters. The standard InChI is InChI=1S/C17H18BrN3O3/c18-14-13(10-24-12-8-23-9-12)21-7-6-19-17(22)16(21)15(14)20-11-4-2-1-3-5-11/h1-5,12,20H,6-10H2,(H,19,22). The molecule has 126 valence electrons. The van der Waals surface area contributed by atoms with Gasteiger partial charge in [0, 0.05) is 18.8 Å². The lowest BCUT2D eigenvalue weighted by atomic mass is 10.2. The van der Waals surface area contributed by atoms with Crippen LogP contribution in [-0.2, 0) is 22.6 Å². The first kappa shape index (κ1) is 15.7. The maximum absolute atomic E-state index is 12.4. The summed E-state index contributed by atoms with van der Waals surface area (Å²) in [5, 5.41) is 6.27. The summed E-state index contributed by atoms with van der Waals surface area (Å²) in [6.45, 7) is 3.08. The van der Waals surface area contributed by atoms with Gasteiger partial charge in [-0.3, -0.25) is 4.79 Å². The molecular weight excluding hydrogens is 374 g/mol. The molecule has 4 rings (SSSR count). The SMILES string of the molecule is O=C1NCCn2c(COC3COC3)c(Br)c(Nc3ccccc3)c21. The molecule has 7 heteroatoms. The van der Waals surface area contributed by atoms with Crippen molar-refractivity contribution in [1.29, 1.82) is 0 Å². The van der Waals surface area contributed by atoms with Crippen LogP contribution in [0.5, 0.6) is 0 Å². The second-order valence-electron chi connectivity index (χ2n) is 5.85. The molecule has 0 bridgehead atoms. The van der Waals surface area contributed by atoms with Gasteiger partial charge in [-0.2, -0.15) is 0 Å². The van der Waals surface area contributed by atoms with Crippen LogP contribution in [0.15, 0.2) is 34.8 Å². The minimum atomic E-state index is -0.0707. The third-order valence-corrected chi connectivity index (χ3v) is 5.10. The lowest BCUT2D eigenvalue weighted by Gasteiger charge is -2.26. The number of hydrogen-bond donors (Lipinski definition) is 2. The Balaban J connectivity index is 1.68. The highest BCUT2D eigenvalue weighted by Gasteiger charge is 2.29. The van der Waals surface area contributed by atoms with Gasteiger partial charge in [0.1, 0.15) is 11.8 Å². The molecule has 24 heavy (non-hydrogen) atoms. The summed E-state index contributed by atoms with van der Waals surface area (Å²) < 4.78 is 13.9. The number of carbonyl (C=O) groups is 1. The van der Waals surface area contributed by atoms with Gasteiger partial charge >= 0.3 is 0 Å². The fourth-order valence-electron chi connectivity index (χ4n) is 2.91. The Hall–Kier alpha value is -1.83. The minimum Gasteiger partial charge on any atom is -0.376 e. The van der Waals surface area contributed by atoms with Gasteiger partial charge in [-0.05, 0) is 28.1 Å². The van der Waals surface area contributed by atoms with Crippen molar-refractivity contribution in [2.45, 2.75) is 19.3 Å². The number of benzene rings is 1. The fraction of sp³-hybridized carbons (Fsp3) is 0.353. The lowest BCUT2D eigenvalue weighted by molar-refractivity contribution is -0.136. The van der Waals surface area contributed by atoms with Crippen molar-refractivity contribution < 1.29 is 14.3 Å². The predicted octanol–water partition coefficient (Wildman–Crippen LogP) is 2.65. The van der Waals surface area contributed by atoms with Gasteiger partial charge in [0.2, 0.25) is 0 Å². The number of halogens is 1. The number of fused-ring (bicyclic) bond motifs is 1. The van der Waals surface area contributed by atoms with Crippen LogP contribution >= 0.6 is 15.9 Å². The smallest absolute Gasteiger partial charge is 0.270 e. The van der Waals surface area contributed by atoms with E-state index in [1.165, 1.54) is 0 Å². The number of rotatable bonds is 5. The second-order valence-corrected chi connectivity index (χ2v) is 6.65. The summed E-state index contributed by atoms with van der Waals surface area (Å²) in [4.78, 5) is 12.4. The van der Waals surface area contributed by atoms with Gasteiger partial charge in [0.25, 0.3) is 5.91 Å². The molecule has 1 saturated heterocycles. The molecule has 1 aromatic heterocycles. The molecule has 2 aromatic rings. The number of carbonyl (C=O) groups excluding carboxylic acids is 1. The summed E-state index contributed by atoms with van der Waals surface area (Å²) in [5.41, 5.74) is 3.33. The Labute approximate surface area is 148 Å². The molecule has 0 spiro atoms. The topological polar surface area (TPSA) is 64.5 Å². The van der Waals surface area contributed by atoms with Gasteiger partial charge in [-0.1, -0.05) is 18.2 Å². The highest BCUT2D eigenvalue weighted by molar-refractivity contribution is 9.10. The van der Waals surface area contributed by atoms with E-state index in [1.807, 2.05) is 34.9 Å². The summed E-state index contributed by atoms with van der Waals surface area (Å²) >= 11 is 3.66. The molecule has 1 fully saturated rings. The number of nitrogens with zero attached hydrogens (tertiary/aromatic N) is 1. The van der Waals surface area contributed by atoms with Gasteiger partial charge in [0.05, 0.1) is 35.7 Å². The number of hydrogen-bond acceptors (Lipinski definition) is 4. The summed E-state index contributed by atoms with van der Waals surface area (Å²) in [7, 11) is 0. The van der Waals surface area contributed by atoms with E-state index < -0.39 is 0 Å². The molecular formula is C17H18BrN3O3. The van der Waals surface area contributed by atoms with Crippen molar-refractivity contribution >= 4 is 33.2 Å². The Kier molecular flexibility index (Phi) is 4.30. The van der Waals surface area contributed by atoms with Crippen molar-refractivity contribution in [2.24, 2.45) is 0 Å². The van der Waals surface area contributed by atoms with E-state index in [4.69, 9.17) is 9.47 Å². The highest BCUT2D eigenvalue weighted by atomic mass is 79.9. The van der Waals surface area contributed by atoms with Crippen molar-refractivity contribution in [3.05, 3.63) is 46.2 Å². The molecule has 0 unspecified atom stereocenters. The van der Waals surface area contributed by atoms with E-state index in [-0.39, 0.29) is 12.0 Å². The Bertz CT molecular complexity index is 756. The summed E-state index contributed by atoms with van der Waals surface area (Å²) in [6.07, 6.45) is 0.144. The quantitative estimate of drug-likeness (QED) is 0.822. The first-order valence-corrected chi connectivity index (χ1v) is 8.74. The molecule has 0 aliphatic carbocycles. The maximum atomic E-state index is 12.4. The average Bonchev–Trinajstić information content (AvgIpc) is 2.81. The third-order valence-electron chi connectivity index (χ3n) is 4.25. The van der Waals surface area contributed by atoms with Crippen LogP contribution in [0.1, 0.15) is 16.2 Å². The van der Waals surface area contributed by atoms with Crippen LogP contribution in [-0.4, -0.2) is 36.3 Å². The molecule has 3 heterocycles. The Morgan fingerprint density at radius 2 is 2.12 bits per heavy atom. The number of aromatic nitrogens is 1. The maximum Gasteiger partial charge on any atom is 0.270 e. The molecule has 6 nitrogen and oxygen atoms in total. The van der Waals surface area contributed by atoms with Crippen LogP contribution in [0.2, 0.25) is 0 Å². The molecule has 2 N–H and O–H groups in total. The molecule has 0 radical (unpaired) electrons. The number of para-hydroxylation sites is 1. The van der Waals surface area contributed by atoms with Crippen LogP contribution < -0.4 is 10.6 Å². The number of ether oxygens (including phenoxy) is 2. The normalized spacial score (nSPS) is 17.1. The van der Waals surface area contributed by atoms with Crippen LogP contribution in [0.4, 0.5) is 11.4 Å². The van der Waals surface area contributed by atoms with E-state index in [0.29, 0.717) is 32.1 Å². The van der Waals surface area contributed by atoms with E-state index >= 15 is 0 Å². The first-order valence-electron chi connectivity index (χ1n) is 7.94. The second kappa shape index (κ2) is 6.58. The monoisotopic (exact) mass is 391 g/mol. The van der Waals surface area contributed by atoms with Gasteiger partial charge in [0.15, 0.2) is 0 Å². The zero-order chi connectivity index (χ0) is 16.5. The lowest BCUT2D eigenvalue weighted by Crippen LogP contribution is -2.37. The summed E-state index contributed by atoms with van der Waals surface area (Å²) in [5.74, 6) is -0.0707. The number of anilines is 2. The van der Waals surface area contributed by atoms with Gasteiger partial charge < -0.3 is 24.7 Å². The van der Waals surface area contributed by atoms with Crippen molar-refractivity contribution in [3.8, 4) is 0 Å². The molecule has 1 amide bonds. The average molecular weight is 392 g/mol. The van der Waals surface area contributed by atoms with E-state index in [2.05, 4.69) is 26.6 Å². The van der Waals surface area contributed by atoms with Crippen molar-refractivity contribution in [1.82, 2.24) is 9.88 Å². The zero-order valence-electron chi connectivity index (χ0n) is 13.0. The first-order chi connectivity index (χ1) is 11.7.